The second kappa shape index (κ2) is 3.57. The Balaban J connectivity index is 1.70. The molecular weight excluding hydrogens is 208 g/mol. The summed E-state index contributed by atoms with van der Waals surface area (Å²) in [5, 5.41) is 7.67. The second-order valence-electron chi connectivity index (χ2n) is 4.59. The summed E-state index contributed by atoms with van der Waals surface area (Å²) >= 11 is 0. The van der Waals surface area contributed by atoms with Crippen molar-refractivity contribution in [3.8, 4) is 0 Å². The molecule has 2 saturated carbocycles. The molecule has 0 aliphatic heterocycles. The molecule has 0 spiro atoms. The Labute approximate surface area is 93.2 Å². The predicted octanol–water partition coefficient (Wildman–Crippen LogP) is 1.76. The van der Waals surface area contributed by atoms with Crippen LogP contribution in [-0.4, -0.2) is 22.8 Å². The highest BCUT2D eigenvalue weighted by atomic mass is 16.5. The summed E-state index contributed by atoms with van der Waals surface area (Å²) in [5.41, 5.74) is 0. The Hall–Kier alpha value is -1.39. The summed E-state index contributed by atoms with van der Waals surface area (Å²) in [4.78, 5) is 11.3. The molecule has 0 saturated heterocycles. The first-order chi connectivity index (χ1) is 7.78. The van der Waals surface area contributed by atoms with Gasteiger partial charge in [0.25, 0.3) is 0 Å². The smallest absolute Gasteiger partial charge is 0.396 e. The van der Waals surface area contributed by atoms with E-state index in [1.165, 1.54) is 6.42 Å². The molecule has 0 amide bonds. The van der Waals surface area contributed by atoms with Gasteiger partial charge < -0.3 is 9.15 Å². The molecule has 1 heterocycles. The Bertz CT molecular complexity index is 405. The van der Waals surface area contributed by atoms with Gasteiger partial charge in [-0.3, -0.25) is 0 Å². The molecule has 3 rings (SSSR count). The van der Waals surface area contributed by atoms with Crippen LogP contribution in [-0.2, 0) is 4.74 Å². The lowest BCUT2D eigenvalue weighted by Crippen LogP contribution is -2.04. The Kier molecular flexibility index (Phi) is 2.19. The van der Waals surface area contributed by atoms with E-state index in [1.807, 2.05) is 0 Å². The number of nitrogens with zero attached hydrogens (tertiary/aromatic N) is 2. The van der Waals surface area contributed by atoms with Gasteiger partial charge in [0.1, 0.15) is 0 Å². The number of hydrogen-bond acceptors (Lipinski definition) is 5. The Morgan fingerprint density at radius 3 is 2.81 bits per heavy atom. The maximum absolute atomic E-state index is 11.3. The molecule has 0 radical (unpaired) electrons. The number of aromatic nitrogens is 2. The number of carbonyl (C=O) groups is 1. The van der Waals surface area contributed by atoms with Gasteiger partial charge in [0, 0.05) is 5.92 Å². The molecule has 1 aromatic rings. The van der Waals surface area contributed by atoms with Crippen LogP contribution in [0.3, 0.4) is 0 Å². The third kappa shape index (κ3) is 1.60. The number of fused-ring (bicyclic) bond motifs is 1. The molecule has 2 fully saturated rings. The van der Waals surface area contributed by atoms with Gasteiger partial charge >= 0.3 is 11.9 Å². The summed E-state index contributed by atoms with van der Waals surface area (Å²) in [7, 11) is 0. The maximum atomic E-state index is 11.3. The molecule has 0 bridgehead atoms. The van der Waals surface area contributed by atoms with Crippen LogP contribution < -0.4 is 0 Å². The average Bonchev–Trinajstić information content (AvgIpc) is 2.74. The third-order valence-corrected chi connectivity index (χ3v) is 3.48. The summed E-state index contributed by atoms with van der Waals surface area (Å²) < 4.78 is 10.2. The van der Waals surface area contributed by atoms with E-state index in [2.05, 4.69) is 10.2 Å². The highest BCUT2D eigenvalue weighted by Gasteiger charge is 2.47. The van der Waals surface area contributed by atoms with Crippen molar-refractivity contribution in [1.29, 1.82) is 0 Å². The van der Waals surface area contributed by atoms with E-state index in [-0.39, 0.29) is 5.89 Å². The van der Waals surface area contributed by atoms with Crippen LogP contribution in [0.25, 0.3) is 0 Å². The molecule has 2 atom stereocenters. The third-order valence-electron chi connectivity index (χ3n) is 3.48. The molecule has 5 heteroatoms. The van der Waals surface area contributed by atoms with Gasteiger partial charge in [-0.15, -0.1) is 10.2 Å². The molecule has 16 heavy (non-hydrogen) atoms. The van der Waals surface area contributed by atoms with Gasteiger partial charge in [-0.1, -0.05) is 0 Å². The molecule has 2 aliphatic carbocycles. The SMILES string of the molecule is CCOC(=O)c1nnc(C2CC3CC3C2)o1. The van der Waals surface area contributed by atoms with Crippen LogP contribution in [0.5, 0.6) is 0 Å². The Morgan fingerprint density at radius 1 is 1.38 bits per heavy atom. The minimum absolute atomic E-state index is 0.0163. The largest absolute Gasteiger partial charge is 0.459 e. The van der Waals surface area contributed by atoms with E-state index < -0.39 is 5.97 Å². The van der Waals surface area contributed by atoms with Gasteiger partial charge in [-0.05, 0) is 38.0 Å². The van der Waals surface area contributed by atoms with Crippen molar-refractivity contribution in [3.05, 3.63) is 11.8 Å². The predicted molar refractivity (Wildman–Crippen MR) is 53.8 cm³/mol. The van der Waals surface area contributed by atoms with E-state index >= 15 is 0 Å². The Morgan fingerprint density at radius 2 is 2.12 bits per heavy atom. The number of ether oxygens (including phenoxy) is 1. The van der Waals surface area contributed by atoms with E-state index in [9.17, 15) is 4.79 Å². The summed E-state index contributed by atoms with van der Waals surface area (Å²) in [6.45, 7) is 2.07. The van der Waals surface area contributed by atoms with Crippen molar-refractivity contribution in [3.63, 3.8) is 0 Å². The fraction of sp³-hybridized carbons (Fsp3) is 0.727. The van der Waals surface area contributed by atoms with Crippen LogP contribution in [0, 0.1) is 11.8 Å². The zero-order chi connectivity index (χ0) is 11.1. The van der Waals surface area contributed by atoms with Gasteiger partial charge in [0.2, 0.25) is 5.89 Å². The van der Waals surface area contributed by atoms with E-state index in [4.69, 9.17) is 9.15 Å². The number of carbonyl (C=O) groups excluding carboxylic acids is 1. The summed E-state index contributed by atoms with van der Waals surface area (Å²) in [6, 6.07) is 0. The summed E-state index contributed by atoms with van der Waals surface area (Å²) in [5.74, 6) is 2.15. The van der Waals surface area contributed by atoms with Gasteiger partial charge in [-0.25, -0.2) is 4.79 Å². The molecule has 2 aliphatic rings. The van der Waals surface area contributed by atoms with Crippen molar-refractivity contribution in [2.45, 2.75) is 32.1 Å². The maximum Gasteiger partial charge on any atom is 0.396 e. The lowest BCUT2D eigenvalue weighted by molar-refractivity contribution is 0.0478. The lowest BCUT2D eigenvalue weighted by Gasteiger charge is -2.04. The van der Waals surface area contributed by atoms with Crippen LogP contribution >= 0.6 is 0 Å². The fourth-order valence-corrected chi connectivity index (χ4v) is 2.59. The van der Waals surface area contributed by atoms with Crippen molar-refractivity contribution in [2.24, 2.45) is 11.8 Å². The first kappa shape index (κ1) is 9.81. The number of hydrogen-bond donors (Lipinski definition) is 0. The quantitative estimate of drug-likeness (QED) is 0.729. The molecule has 5 nitrogen and oxygen atoms in total. The normalized spacial score (nSPS) is 31.2. The van der Waals surface area contributed by atoms with Crippen LogP contribution in [0.1, 0.15) is 48.7 Å². The standard InChI is InChI=1S/C11H14N2O3/c1-2-15-11(14)10-13-12-9(16-10)8-4-6-3-7(6)5-8/h6-8H,2-5H2,1H3. The zero-order valence-corrected chi connectivity index (χ0v) is 9.18. The molecule has 2 unspecified atom stereocenters. The lowest BCUT2D eigenvalue weighted by atomic mass is 10.0. The topological polar surface area (TPSA) is 65.2 Å². The minimum atomic E-state index is -0.524. The zero-order valence-electron chi connectivity index (χ0n) is 9.18. The number of esters is 1. The first-order valence-corrected chi connectivity index (χ1v) is 5.78. The minimum Gasteiger partial charge on any atom is -0.459 e. The van der Waals surface area contributed by atoms with Crippen molar-refractivity contribution >= 4 is 5.97 Å². The number of rotatable bonds is 3. The van der Waals surface area contributed by atoms with Crippen LogP contribution in [0.15, 0.2) is 4.42 Å². The van der Waals surface area contributed by atoms with E-state index in [0.29, 0.717) is 18.4 Å². The molecule has 86 valence electrons. The second-order valence-corrected chi connectivity index (χ2v) is 4.59. The summed E-state index contributed by atoms with van der Waals surface area (Å²) in [6.07, 6.45) is 3.62. The van der Waals surface area contributed by atoms with E-state index in [0.717, 1.165) is 24.7 Å². The highest BCUT2D eigenvalue weighted by molar-refractivity contribution is 5.83. The fourth-order valence-electron chi connectivity index (χ4n) is 2.59. The van der Waals surface area contributed by atoms with Gasteiger partial charge in [0.05, 0.1) is 6.61 Å². The molecule has 0 aromatic carbocycles. The van der Waals surface area contributed by atoms with Gasteiger partial charge in [0.15, 0.2) is 0 Å². The van der Waals surface area contributed by atoms with E-state index in [1.54, 1.807) is 6.92 Å². The monoisotopic (exact) mass is 222 g/mol. The molecule has 1 aromatic heterocycles. The van der Waals surface area contributed by atoms with Crippen LogP contribution in [0.4, 0.5) is 0 Å². The van der Waals surface area contributed by atoms with Crippen molar-refractivity contribution in [2.75, 3.05) is 6.61 Å². The van der Waals surface area contributed by atoms with Crippen LogP contribution in [0.2, 0.25) is 0 Å². The average molecular weight is 222 g/mol. The first-order valence-electron chi connectivity index (χ1n) is 5.78. The van der Waals surface area contributed by atoms with Gasteiger partial charge in [-0.2, -0.15) is 0 Å². The molecule has 0 N–H and O–H groups in total. The van der Waals surface area contributed by atoms with Crippen molar-refractivity contribution in [1.82, 2.24) is 10.2 Å². The molecular formula is C11H14N2O3. The van der Waals surface area contributed by atoms with Crippen molar-refractivity contribution < 1.29 is 13.9 Å². The highest BCUT2D eigenvalue weighted by Crippen LogP contribution is 2.57.